The van der Waals surface area contributed by atoms with Crippen LogP contribution >= 0.6 is 11.6 Å². The Balaban J connectivity index is 1.11. The first-order chi connectivity index (χ1) is 21.6. The maximum Gasteiger partial charge on any atom is 0.257 e. The van der Waals surface area contributed by atoms with Crippen LogP contribution in [-0.2, 0) is 11.3 Å². The second kappa shape index (κ2) is 14.3. The molecule has 6 rings (SSSR count). The van der Waals surface area contributed by atoms with E-state index in [0.29, 0.717) is 40.9 Å². The van der Waals surface area contributed by atoms with Crippen molar-refractivity contribution in [3.05, 3.63) is 48.1 Å². The van der Waals surface area contributed by atoms with Crippen LogP contribution in [0.15, 0.2) is 43.1 Å². The van der Waals surface area contributed by atoms with Crippen LogP contribution in [0.1, 0.15) is 38.6 Å². The molecule has 0 radical (unpaired) electrons. The molecule has 1 aromatic carbocycles. The molecule has 0 bridgehead atoms. The fraction of sp³-hybridized carbons (Fsp3) is 0.517. The lowest BCUT2D eigenvalue weighted by atomic mass is 9.90. The normalized spacial score (nSPS) is 19.9. The van der Waals surface area contributed by atoms with Crippen molar-refractivity contribution in [1.82, 2.24) is 44.9 Å². The summed E-state index contributed by atoms with van der Waals surface area (Å²) >= 11 is 6.42. The molecule has 0 spiro atoms. The predicted octanol–water partition coefficient (Wildman–Crippen LogP) is 3.38. The minimum atomic E-state index is -0.211. The van der Waals surface area contributed by atoms with Crippen molar-refractivity contribution in [3.63, 3.8) is 0 Å². The number of tetrazole rings is 1. The summed E-state index contributed by atoms with van der Waals surface area (Å²) in [6.07, 6.45) is 11.1. The number of hydrogen-bond donors (Lipinski definition) is 2. The Morgan fingerprint density at radius 1 is 1.09 bits per heavy atom. The smallest absolute Gasteiger partial charge is 0.257 e. The summed E-state index contributed by atoms with van der Waals surface area (Å²) in [5.41, 5.74) is 2.31. The van der Waals surface area contributed by atoms with Crippen molar-refractivity contribution in [1.29, 1.82) is 0 Å². The van der Waals surface area contributed by atoms with Crippen molar-refractivity contribution in [2.45, 2.75) is 57.3 Å². The number of morpholine rings is 1. The average Bonchev–Trinajstić information content (AvgIpc) is 3.72. The maximum atomic E-state index is 9.35. The predicted molar refractivity (Wildman–Crippen MR) is 162 cm³/mol. The van der Waals surface area contributed by atoms with E-state index in [0.717, 1.165) is 63.1 Å². The molecule has 15 heteroatoms. The number of nitrogens with zero attached hydrogens (tertiary/aromatic N) is 9. The van der Waals surface area contributed by atoms with Gasteiger partial charge in [-0.3, -0.25) is 9.58 Å². The highest BCUT2D eigenvalue weighted by Gasteiger charge is 2.29. The van der Waals surface area contributed by atoms with Crippen LogP contribution < -0.4 is 14.8 Å². The summed E-state index contributed by atoms with van der Waals surface area (Å²) in [4.78, 5) is 11.6. The number of rotatable bonds is 12. The van der Waals surface area contributed by atoms with Gasteiger partial charge in [0, 0.05) is 37.1 Å². The van der Waals surface area contributed by atoms with Gasteiger partial charge in [-0.2, -0.15) is 0 Å². The molecule has 4 heterocycles. The molecule has 234 valence electrons. The van der Waals surface area contributed by atoms with Crippen molar-refractivity contribution in [3.8, 4) is 22.8 Å². The molecule has 44 heavy (non-hydrogen) atoms. The SMILES string of the molecule is C[C@@H](Cn1cnnn1)Oc1cc(-c2cnc(Nc3cn([C@H]4CC[C@H](N5CCOCC5)CC4)nc3OCCO)nc2)ccc1Cl. The second-order valence-corrected chi connectivity index (χ2v) is 11.4. The highest BCUT2D eigenvalue weighted by Crippen LogP contribution is 2.35. The van der Waals surface area contributed by atoms with Crippen LogP contribution in [0.5, 0.6) is 11.6 Å². The van der Waals surface area contributed by atoms with Crippen LogP contribution in [0.2, 0.25) is 5.02 Å². The van der Waals surface area contributed by atoms with E-state index in [4.69, 9.17) is 30.9 Å². The van der Waals surface area contributed by atoms with Gasteiger partial charge >= 0.3 is 0 Å². The van der Waals surface area contributed by atoms with Gasteiger partial charge in [0.05, 0.1) is 43.6 Å². The zero-order valence-electron chi connectivity index (χ0n) is 24.6. The number of aromatic nitrogens is 8. The lowest BCUT2D eigenvalue weighted by Crippen LogP contribution is -2.45. The van der Waals surface area contributed by atoms with Gasteiger partial charge in [0.2, 0.25) is 5.95 Å². The molecule has 0 unspecified atom stereocenters. The molecule has 1 saturated carbocycles. The molecular formula is C29H37ClN10O4. The molecule has 4 aromatic rings. The molecule has 3 aromatic heterocycles. The van der Waals surface area contributed by atoms with Crippen molar-refractivity contribution < 1.29 is 19.3 Å². The van der Waals surface area contributed by atoms with Gasteiger partial charge in [-0.1, -0.05) is 17.7 Å². The highest BCUT2D eigenvalue weighted by molar-refractivity contribution is 6.32. The summed E-state index contributed by atoms with van der Waals surface area (Å²) in [6, 6.07) is 6.42. The van der Waals surface area contributed by atoms with E-state index in [9.17, 15) is 5.11 Å². The standard InChI is InChI=1S/C29H37ClN10O4/c1-20(17-39-19-33-36-37-39)44-27-14-21(2-7-25(27)30)22-15-31-29(32-16-22)34-26-18-40(35-28(26)43-13-10-41)24-5-3-23(4-6-24)38-8-11-42-12-9-38/h2,7,14-16,18-20,23-24,41H,3-6,8-13,17H2,1H3,(H,31,32,34)/t20-,23-,24-/m0/s1. The van der Waals surface area contributed by atoms with Gasteiger partial charge in [0.15, 0.2) is 0 Å². The third-order valence-electron chi connectivity index (χ3n) is 7.96. The lowest BCUT2D eigenvalue weighted by molar-refractivity contribution is 0.00502. The number of aliphatic hydroxyl groups excluding tert-OH is 1. The Morgan fingerprint density at radius 3 is 2.59 bits per heavy atom. The highest BCUT2D eigenvalue weighted by atomic mass is 35.5. The quantitative estimate of drug-likeness (QED) is 0.238. The number of ether oxygens (including phenoxy) is 3. The molecule has 1 saturated heterocycles. The Hall–Kier alpha value is -3.85. The van der Waals surface area contributed by atoms with Crippen molar-refractivity contribution >= 4 is 23.2 Å². The first kappa shape index (κ1) is 30.2. The lowest BCUT2D eigenvalue weighted by Gasteiger charge is -2.38. The number of anilines is 2. The minimum Gasteiger partial charge on any atom is -0.487 e. The van der Waals surface area contributed by atoms with E-state index in [1.54, 1.807) is 23.1 Å². The van der Waals surface area contributed by atoms with Gasteiger partial charge in [0.1, 0.15) is 30.5 Å². The second-order valence-electron chi connectivity index (χ2n) is 11.0. The fourth-order valence-electron chi connectivity index (χ4n) is 5.74. The summed E-state index contributed by atoms with van der Waals surface area (Å²) in [7, 11) is 0. The van der Waals surface area contributed by atoms with E-state index in [-0.39, 0.29) is 25.4 Å². The monoisotopic (exact) mass is 624 g/mol. The Bertz CT molecular complexity index is 1470. The Labute approximate surface area is 260 Å². The molecule has 1 atom stereocenters. The number of halogens is 1. The van der Waals surface area contributed by atoms with E-state index in [1.165, 1.54) is 6.33 Å². The van der Waals surface area contributed by atoms with Crippen LogP contribution in [0, 0.1) is 0 Å². The van der Waals surface area contributed by atoms with E-state index < -0.39 is 0 Å². The molecule has 1 aliphatic heterocycles. The Kier molecular flexibility index (Phi) is 9.80. The van der Waals surface area contributed by atoms with E-state index in [2.05, 4.69) is 35.7 Å². The number of benzene rings is 1. The summed E-state index contributed by atoms with van der Waals surface area (Å²) in [5, 5.41) is 29.0. The molecule has 2 fully saturated rings. The molecule has 1 aliphatic carbocycles. The van der Waals surface area contributed by atoms with Gasteiger partial charge in [-0.15, -0.1) is 10.2 Å². The fourth-order valence-corrected chi connectivity index (χ4v) is 5.91. The molecular weight excluding hydrogens is 588 g/mol. The van der Waals surface area contributed by atoms with E-state index in [1.807, 2.05) is 29.9 Å². The van der Waals surface area contributed by atoms with E-state index >= 15 is 0 Å². The first-order valence-corrected chi connectivity index (χ1v) is 15.3. The summed E-state index contributed by atoms with van der Waals surface area (Å²) < 4.78 is 20.9. The van der Waals surface area contributed by atoms with Gasteiger partial charge in [-0.25, -0.2) is 14.6 Å². The van der Waals surface area contributed by atoms with Crippen LogP contribution in [0.3, 0.4) is 0 Å². The third kappa shape index (κ3) is 7.44. The third-order valence-corrected chi connectivity index (χ3v) is 8.27. The topological polar surface area (TPSA) is 150 Å². The number of hydrogen-bond acceptors (Lipinski definition) is 12. The minimum absolute atomic E-state index is 0.106. The summed E-state index contributed by atoms with van der Waals surface area (Å²) in [6.45, 7) is 6.10. The van der Waals surface area contributed by atoms with Crippen LogP contribution in [-0.4, -0.2) is 102 Å². The molecule has 2 N–H and O–H groups in total. The molecule has 0 amide bonds. The average molecular weight is 625 g/mol. The maximum absolute atomic E-state index is 9.35. The van der Waals surface area contributed by atoms with Crippen LogP contribution in [0.4, 0.5) is 11.6 Å². The van der Waals surface area contributed by atoms with Gasteiger partial charge < -0.3 is 24.6 Å². The zero-order chi connectivity index (χ0) is 30.3. The molecule has 2 aliphatic rings. The Morgan fingerprint density at radius 2 is 1.86 bits per heavy atom. The van der Waals surface area contributed by atoms with Crippen molar-refractivity contribution in [2.75, 3.05) is 44.8 Å². The van der Waals surface area contributed by atoms with Crippen molar-refractivity contribution in [2.24, 2.45) is 0 Å². The number of nitrogens with one attached hydrogen (secondary N) is 1. The summed E-state index contributed by atoms with van der Waals surface area (Å²) in [5.74, 6) is 1.36. The van der Waals surface area contributed by atoms with Gasteiger partial charge in [-0.05, 0) is 60.7 Å². The number of aliphatic hydroxyl groups is 1. The van der Waals surface area contributed by atoms with Crippen LogP contribution in [0.25, 0.3) is 11.1 Å². The van der Waals surface area contributed by atoms with Gasteiger partial charge in [0.25, 0.3) is 5.88 Å². The molecule has 14 nitrogen and oxygen atoms in total. The first-order valence-electron chi connectivity index (χ1n) is 15.0. The largest absolute Gasteiger partial charge is 0.487 e. The zero-order valence-corrected chi connectivity index (χ0v) is 25.4.